The number of benzene rings is 1. The molecule has 0 saturated heterocycles. The summed E-state index contributed by atoms with van der Waals surface area (Å²) in [6, 6.07) is 5.22. The number of rotatable bonds is 4. The van der Waals surface area contributed by atoms with Gasteiger partial charge in [0.2, 0.25) is 5.91 Å². The molecule has 102 valence electrons. The molecule has 5 heteroatoms. The third kappa shape index (κ3) is 3.06. The number of ether oxygens (including phenoxy) is 2. The Labute approximate surface area is 112 Å². The first-order valence-electron chi connectivity index (χ1n) is 6.11. The van der Waals surface area contributed by atoms with Crippen molar-refractivity contribution in [1.29, 1.82) is 0 Å². The molecule has 19 heavy (non-hydrogen) atoms. The van der Waals surface area contributed by atoms with Crippen LogP contribution in [-0.4, -0.2) is 26.2 Å². The Balaban J connectivity index is 2.13. The van der Waals surface area contributed by atoms with Gasteiger partial charge in [-0.15, -0.1) is 0 Å². The van der Waals surface area contributed by atoms with Crippen LogP contribution in [0.1, 0.15) is 6.42 Å². The molecule has 3 N–H and O–H groups in total. The van der Waals surface area contributed by atoms with E-state index < -0.39 is 0 Å². The van der Waals surface area contributed by atoms with Gasteiger partial charge in [-0.3, -0.25) is 4.79 Å². The standard InChI is InChI=1S/C14H18N2O3/c1-18-11-5-6-13(19-2)12(8-11)16-14(17)9-3-4-10(15)7-9/h3-6,8-10H,7,15H2,1-2H3,(H,16,17). The maximum Gasteiger partial charge on any atom is 0.231 e. The number of anilines is 1. The van der Waals surface area contributed by atoms with Gasteiger partial charge in [-0.2, -0.15) is 0 Å². The highest BCUT2D eigenvalue weighted by Gasteiger charge is 2.23. The lowest BCUT2D eigenvalue weighted by molar-refractivity contribution is -0.118. The summed E-state index contributed by atoms with van der Waals surface area (Å²) in [7, 11) is 3.13. The minimum atomic E-state index is -0.189. The molecule has 0 fully saturated rings. The van der Waals surface area contributed by atoms with Gasteiger partial charge in [0.15, 0.2) is 0 Å². The maximum atomic E-state index is 12.1. The van der Waals surface area contributed by atoms with E-state index >= 15 is 0 Å². The average molecular weight is 262 g/mol. The molecule has 2 atom stereocenters. The van der Waals surface area contributed by atoms with Crippen LogP contribution >= 0.6 is 0 Å². The molecule has 0 bridgehead atoms. The van der Waals surface area contributed by atoms with E-state index in [1.54, 1.807) is 32.4 Å². The molecule has 2 rings (SSSR count). The molecule has 1 aliphatic carbocycles. The van der Waals surface area contributed by atoms with Gasteiger partial charge in [0, 0.05) is 12.1 Å². The molecule has 5 nitrogen and oxygen atoms in total. The first-order chi connectivity index (χ1) is 9.13. The molecular weight excluding hydrogens is 244 g/mol. The summed E-state index contributed by atoms with van der Waals surface area (Å²) < 4.78 is 10.4. The Bertz CT molecular complexity index is 499. The van der Waals surface area contributed by atoms with Crippen LogP contribution in [0.5, 0.6) is 11.5 Å². The lowest BCUT2D eigenvalue weighted by Crippen LogP contribution is -2.24. The van der Waals surface area contributed by atoms with Gasteiger partial charge in [0.1, 0.15) is 11.5 Å². The van der Waals surface area contributed by atoms with Crippen molar-refractivity contribution in [1.82, 2.24) is 0 Å². The predicted molar refractivity (Wildman–Crippen MR) is 73.4 cm³/mol. The zero-order valence-corrected chi connectivity index (χ0v) is 11.1. The third-order valence-electron chi connectivity index (χ3n) is 3.12. The van der Waals surface area contributed by atoms with Crippen molar-refractivity contribution in [2.24, 2.45) is 11.7 Å². The first kappa shape index (κ1) is 13.4. The van der Waals surface area contributed by atoms with Crippen molar-refractivity contribution in [3.8, 4) is 11.5 Å². The second-order valence-electron chi connectivity index (χ2n) is 4.45. The molecule has 0 aliphatic heterocycles. The Morgan fingerprint density at radius 1 is 1.32 bits per heavy atom. The van der Waals surface area contributed by atoms with E-state index in [4.69, 9.17) is 15.2 Å². The fourth-order valence-corrected chi connectivity index (χ4v) is 2.06. The Hall–Kier alpha value is -2.01. The second-order valence-corrected chi connectivity index (χ2v) is 4.45. The van der Waals surface area contributed by atoms with E-state index in [-0.39, 0.29) is 17.9 Å². The predicted octanol–water partition coefficient (Wildman–Crippen LogP) is 1.55. The molecule has 1 aromatic carbocycles. The number of nitrogens with two attached hydrogens (primary N) is 1. The highest BCUT2D eigenvalue weighted by molar-refractivity contribution is 5.95. The topological polar surface area (TPSA) is 73.6 Å². The smallest absolute Gasteiger partial charge is 0.231 e. The second kappa shape index (κ2) is 5.75. The summed E-state index contributed by atoms with van der Waals surface area (Å²) in [6.07, 6.45) is 4.33. The average Bonchev–Trinajstić information content (AvgIpc) is 2.85. The quantitative estimate of drug-likeness (QED) is 0.807. The van der Waals surface area contributed by atoms with Crippen LogP contribution in [-0.2, 0) is 4.79 Å². The lowest BCUT2D eigenvalue weighted by atomic mass is 10.1. The number of hydrogen-bond acceptors (Lipinski definition) is 4. The van der Waals surface area contributed by atoms with Crippen LogP contribution in [0, 0.1) is 5.92 Å². The highest BCUT2D eigenvalue weighted by atomic mass is 16.5. The van der Waals surface area contributed by atoms with Gasteiger partial charge in [-0.25, -0.2) is 0 Å². The monoisotopic (exact) mass is 262 g/mol. The minimum absolute atomic E-state index is 0.0389. The van der Waals surface area contributed by atoms with Crippen LogP contribution < -0.4 is 20.5 Å². The molecule has 1 amide bonds. The summed E-state index contributed by atoms with van der Waals surface area (Å²) in [5, 5.41) is 2.85. The van der Waals surface area contributed by atoms with Gasteiger partial charge < -0.3 is 20.5 Å². The summed E-state index contributed by atoms with van der Waals surface area (Å²) >= 11 is 0. The van der Waals surface area contributed by atoms with Crippen molar-refractivity contribution in [2.45, 2.75) is 12.5 Å². The molecule has 0 heterocycles. The van der Waals surface area contributed by atoms with Crippen LogP contribution in [0.2, 0.25) is 0 Å². The van der Waals surface area contributed by atoms with E-state index in [0.717, 1.165) is 0 Å². The molecule has 1 aliphatic rings. The number of hydrogen-bond donors (Lipinski definition) is 2. The van der Waals surface area contributed by atoms with Crippen LogP contribution in [0.3, 0.4) is 0 Å². The molecule has 0 aromatic heterocycles. The van der Waals surface area contributed by atoms with Crippen LogP contribution in [0.4, 0.5) is 5.69 Å². The van der Waals surface area contributed by atoms with E-state index in [0.29, 0.717) is 23.6 Å². The van der Waals surface area contributed by atoms with E-state index in [1.807, 2.05) is 12.2 Å². The van der Waals surface area contributed by atoms with Gasteiger partial charge in [0.05, 0.1) is 25.8 Å². The fourth-order valence-electron chi connectivity index (χ4n) is 2.06. The molecule has 2 unspecified atom stereocenters. The third-order valence-corrected chi connectivity index (χ3v) is 3.12. The first-order valence-corrected chi connectivity index (χ1v) is 6.11. The Kier molecular flexibility index (Phi) is 4.06. The van der Waals surface area contributed by atoms with Crippen LogP contribution in [0.25, 0.3) is 0 Å². The van der Waals surface area contributed by atoms with Gasteiger partial charge in [-0.05, 0) is 18.6 Å². The fraction of sp³-hybridized carbons (Fsp3) is 0.357. The summed E-state index contributed by atoms with van der Waals surface area (Å²) in [5.74, 6) is 0.983. The number of carbonyl (C=O) groups excluding carboxylic acids is 1. The van der Waals surface area contributed by atoms with Crippen molar-refractivity contribution in [2.75, 3.05) is 19.5 Å². The van der Waals surface area contributed by atoms with Crippen molar-refractivity contribution in [3.63, 3.8) is 0 Å². The van der Waals surface area contributed by atoms with Gasteiger partial charge in [0.25, 0.3) is 0 Å². The Morgan fingerprint density at radius 2 is 2.11 bits per heavy atom. The molecule has 0 saturated carbocycles. The summed E-state index contributed by atoms with van der Waals surface area (Å²) in [5.41, 5.74) is 6.34. The van der Waals surface area contributed by atoms with E-state index in [2.05, 4.69) is 5.32 Å². The number of amides is 1. The Morgan fingerprint density at radius 3 is 2.68 bits per heavy atom. The van der Waals surface area contributed by atoms with Gasteiger partial charge >= 0.3 is 0 Å². The zero-order valence-electron chi connectivity index (χ0n) is 11.1. The number of carbonyl (C=O) groups is 1. The molecule has 0 radical (unpaired) electrons. The SMILES string of the molecule is COc1ccc(OC)c(NC(=O)C2C=CC(N)C2)c1. The van der Waals surface area contributed by atoms with Crippen molar-refractivity contribution >= 4 is 11.6 Å². The van der Waals surface area contributed by atoms with Gasteiger partial charge in [-0.1, -0.05) is 12.2 Å². The molecular formula is C14H18N2O3. The van der Waals surface area contributed by atoms with Crippen LogP contribution in [0.15, 0.2) is 30.4 Å². The molecule has 0 spiro atoms. The summed E-state index contributed by atoms with van der Waals surface area (Å²) in [6.45, 7) is 0. The number of methoxy groups -OCH3 is 2. The normalized spacial score (nSPS) is 21.2. The number of nitrogens with one attached hydrogen (secondary N) is 1. The van der Waals surface area contributed by atoms with E-state index in [9.17, 15) is 4.79 Å². The largest absolute Gasteiger partial charge is 0.497 e. The van der Waals surface area contributed by atoms with Crippen molar-refractivity contribution < 1.29 is 14.3 Å². The van der Waals surface area contributed by atoms with E-state index in [1.165, 1.54) is 0 Å². The maximum absolute atomic E-state index is 12.1. The molecule has 1 aromatic rings. The lowest BCUT2D eigenvalue weighted by Gasteiger charge is -2.14. The minimum Gasteiger partial charge on any atom is -0.497 e. The highest BCUT2D eigenvalue weighted by Crippen LogP contribution is 2.30. The summed E-state index contributed by atoms with van der Waals surface area (Å²) in [4.78, 5) is 12.1. The zero-order chi connectivity index (χ0) is 13.8. The van der Waals surface area contributed by atoms with Crippen molar-refractivity contribution in [3.05, 3.63) is 30.4 Å².